The average Bonchev–Trinajstić information content (AvgIpc) is 2.82. The van der Waals surface area contributed by atoms with E-state index < -0.39 is 91.7 Å². The lowest BCUT2D eigenvalue weighted by Crippen LogP contribution is -2.69. The molecule has 0 spiro atoms. The lowest BCUT2D eigenvalue weighted by atomic mass is 9.84. The Balaban J connectivity index is 1.80. The Bertz CT molecular complexity index is 666. The molecule has 15 atom stereocenters. The molecular formula is C21H42N4O10. The monoisotopic (exact) mass is 510 g/mol. The van der Waals surface area contributed by atoms with E-state index in [1.165, 1.54) is 0 Å². The van der Waals surface area contributed by atoms with Crippen molar-refractivity contribution in [3.05, 3.63) is 0 Å². The second-order valence-electron chi connectivity index (χ2n) is 9.62. The molecule has 2 aliphatic heterocycles. The lowest BCUT2D eigenvalue weighted by molar-refractivity contribution is -0.341. The molecule has 0 radical (unpaired) electrons. The van der Waals surface area contributed by atoms with Gasteiger partial charge in [0.1, 0.15) is 48.8 Å². The quantitative estimate of drug-likeness (QED) is 0.148. The number of aliphatic hydroxyl groups excluding tert-OH is 5. The van der Waals surface area contributed by atoms with Crippen LogP contribution in [0.1, 0.15) is 26.7 Å². The third kappa shape index (κ3) is 6.13. The van der Waals surface area contributed by atoms with E-state index in [4.69, 9.17) is 46.6 Å². The fourth-order valence-electron chi connectivity index (χ4n) is 4.75. The summed E-state index contributed by atoms with van der Waals surface area (Å²) in [5, 5.41) is 52.6. The topological polar surface area (TPSA) is 251 Å². The normalized spacial score (nSPS) is 51.3. The van der Waals surface area contributed by atoms with Crippen molar-refractivity contribution in [2.45, 2.75) is 118 Å². The highest BCUT2D eigenvalue weighted by Crippen LogP contribution is 2.32. The smallest absolute Gasteiger partial charge is 0.187 e. The van der Waals surface area contributed by atoms with Gasteiger partial charge in [0.15, 0.2) is 12.6 Å². The zero-order chi connectivity index (χ0) is 26.0. The van der Waals surface area contributed by atoms with Gasteiger partial charge in [-0.05, 0) is 19.8 Å². The fraction of sp³-hybridized carbons (Fsp3) is 1.00. The summed E-state index contributed by atoms with van der Waals surface area (Å²) in [5.74, 6) is 0. The number of rotatable bonds is 8. The van der Waals surface area contributed by atoms with Gasteiger partial charge >= 0.3 is 0 Å². The minimum Gasteiger partial charge on any atom is -0.389 e. The first-order valence-electron chi connectivity index (χ1n) is 12.1. The molecule has 0 aromatic heterocycles. The van der Waals surface area contributed by atoms with Crippen LogP contribution >= 0.6 is 0 Å². The van der Waals surface area contributed by atoms with Gasteiger partial charge in [-0.2, -0.15) is 0 Å². The van der Waals surface area contributed by atoms with E-state index in [0.717, 1.165) is 0 Å². The van der Waals surface area contributed by atoms with Crippen LogP contribution in [0.25, 0.3) is 0 Å². The van der Waals surface area contributed by atoms with Gasteiger partial charge in [0.2, 0.25) is 0 Å². The van der Waals surface area contributed by atoms with E-state index in [1.807, 2.05) is 6.92 Å². The van der Waals surface area contributed by atoms with Gasteiger partial charge in [0.25, 0.3) is 0 Å². The number of hydrogen-bond acceptors (Lipinski definition) is 14. The largest absolute Gasteiger partial charge is 0.389 e. The van der Waals surface area contributed by atoms with Crippen molar-refractivity contribution in [1.29, 1.82) is 0 Å². The van der Waals surface area contributed by atoms with Gasteiger partial charge in [0, 0.05) is 25.2 Å². The molecule has 0 unspecified atom stereocenters. The molecule has 0 amide bonds. The van der Waals surface area contributed by atoms with Gasteiger partial charge in [-0.15, -0.1) is 0 Å². The van der Waals surface area contributed by atoms with Crippen molar-refractivity contribution in [3.63, 3.8) is 0 Å². The van der Waals surface area contributed by atoms with Gasteiger partial charge < -0.3 is 72.2 Å². The molecule has 0 aromatic rings. The van der Waals surface area contributed by atoms with Crippen LogP contribution in [-0.2, 0) is 23.7 Å². The van der Waals surface area contributed by atoms with E-state index >= 15 is 0 Å². The minimum atomic E-state index is -1.39. The first kappa shape index (κ1) is 29.0. The summed E-state index contributed by atoms with van der Waals surface area (Å²) in [7, 11) is 0. The predicted octanol–water partition coefficient (Wildman–Crippen LogP) is -4.83. The second kappa shape index (κ2) is 12.3. The van der Waals surface area contributed by atoms with Crippen molar-refractivity contribution in [2.75, 3.05) is 13.2 Å². The highest BCUT2D eigenvalue weighted by atomic mass is 16.7. The highest BCUT2D eigenvalue weighted by Gasteiger charge is 2.52. The zero-order valence-electron chi connectivity index (χ0n) is 20.1. The third-order valence-electron chi connectivity index (χ3n) is 6.92. The first-order chi connectivity index (χ1) is 16.5. The maximum atomic E-state index is 10.9. The summed E-state index contributed by atoms with van der Waals surface area (Å²) < 4.78 is 28.9. The Labute approximate surface area is 204 Å². The maximum Gasteiger partial charge on any atom is 0.187 e. The summed E-state index contributed by atoms with van der Waals surface area (Å²) in [6.07, 6.45) is -13.0. The van der Waals surface area contributed by atoms with Gasteiger partial charge in [-0.25, -0.2) is 0 Å². The van der Waals surface area contributed by atoms with Crippen molar-refractivity contribution < 1.29 is 49.2 Å². The number of nitrogens with two attached hydrogens (primary N) is 4. The van der Waals surface area contributed by atoms with Crippen LogP contribution in [-0.4, -0.2) is 130 Å². The zero-order valence-corrected chi connectivity index (χ0v) is 20.1. The molecule has 0 aromatic carbocycles. The molecule has 14 heteroatoms. The Morgan fingerprint density at radius 3 is 2.06 bits per heavy atom. The number of ether oxygens (including phenoxy) is 5. The predicted molar refractivity (Wildman–Crippen MR) is 120 cm³/mol. The molecule has 1 aliphatic carbocycles. The van der Waals surface area contributed by atoms with E-state index in [9.17, 15) is 25.5 Å². The summed E-state index contributed by atoms with van der Waals surface area (Å²) >= 11 is 0. The van der Waals surface area contributed by atoms with Crippen LogP contribution in [0.5, 0.6) is 0 Å². The van der Waals surface area contributed by atoms with Crippen LogP contribution in [0, 0.1) is 0 Å². The van der Waals surface area contributed by atoms with Crippen LogP contribution in [0.3, 0.4) is 0 Å². The fourth-order valence-corrected chi connectivity index (χ4v) is 4.75. The van der Waals surface area contributed by atoms with Gasteiger partial charge in [-0.1, -0.05) is 6.92 Å². The molecule has 0 bridgehead atoms. The van der Waals surface area contributed by atoms with Crippen LogP contribution in [0.4, 0.5) is 0 Å². The van der Waals surface area contributed by atoms with Gasteiger partial charge in [-0.3, -0.25) is 0 Å². The van der Waals surface area contributed by atoms with Crippen molar-refractivity contribution in [3.8, 4) is 0 Å². The summed E-state index contributed by atoms with van der Waals surface area (Å²) in [4.78, 5) is 0. The SMILES string of the molecule is CCCO[C@@H]1[C@@H](O)[C@H](O[C@@H]2[C@@H](O)[C@H](N)C[C@H](N)[C@H]2O[C@H]2O[C@H](CN)[C@@H](O)[C@H](O)[C@H]2N)O[C@H](C)[C@H]1O. The molecular weight excluding hydrogens is 468 g/mol. The summed E-state index contributed by atoms with van der Waals surface area (Å²) in [6.45, 7) is 3.70. The Morgan fingerprint density at radius 2 is 1.43 bits per heavy atom. The molecule has 35 heavy (non-hydrogen) atoms. The van der Waals surface area contributed by atoms with Crippen molar-refractivity contribution in [1.82, 2.24) is 0 Å². The third-order valence-corrected chi connectivity index (χ3v) is 6.92. The maximum absolute atomic E-state index is 10.9. The van der Waals surface area contributed by atoms with Crippen LogP contribution in [0.2, 0.25) is 0 Å². The van der Waals surface area contributed by atoms with Gasteiger partial charge in [0.05, 0.1) is 18.2 Å². The summed E-state index contributed by atoms with van der Waals surface area (Å²) in [5.41, 5.74) is 24.0. The summed E-state index contributed by atoms with van der Waals surface area (Å²) in [6, 6.07) is -2.66. The Hall–Kier alpha value is -0.560. The Morgan fingerprint density at radius 1 is 0.771 bits per heavy atom. The molecule has 1 saturated carbocycles. The molecule has 2 saturated heterocycles. The molecule has 13 N–H and O–H groups in total. The van der Waals surface area contributed by atoms with E-state index in [0.29, 0.717) is 13.0 Å². The van der Waals surface area contributed by atoms with Crippen LogP contribution in [0.15, 0.2) is 0 Å². The highest BCUT2D eigenvalue weighted by molar-refractivity contribution is 5.01. The molecule has 3 rings (SSSR count). The minimum absolute atomic E-state index is 0.101. The number of hydrogen-bond donors (Lipinski definition) is 9. The standard InChI is InChI=1S/C21H42N4O10/c1-3-4-31-18-12(26)7(2)32-21(16(18)30)35-19-13(27)8(23)5-9(24)17(19)34-20-11(25)15(29)14(28)10(6-22)33-20/h7-21,26-30H,3-6,22-25H2,1-2H3/t7-,8-,9+,10-,11-,12-,13+,14-,15-,16-,17-,18+,19-,20-,21+/m1/s1. The van der Waals surface area contributed by atoms with Crippen LogP contribution < -0.4 is 22.9 Å². The van der Waals surface area contributed by atoms with Crippen molar-refractivity contribution >= 4 is 0 Å². The molecule has 14 nitrogen and oxygen atoms in total. The van der Waals surface area contributed by atoms with E-state index in [1.54, 1.807) is 6.92 Å². The molecule has 206 valence electrons. The first-order valence-corrected chi connectivity index (χ1v) is 12.1. The van der Waals surface area contributed by atoms with Crippen molar-refractivity contribution in [2.24, 2.45) is 22.9 Å². The number of aliphatic hydroxyl groups is 5. The molecule has 2 heterocycles. The second-order valence-corrected chi connectivity index (χ2v) is 9.62. The lowest BCUT2D eigenvalue weighted by Gasteiger charge is -2.49. The Kier molecular flexibility index (Phi) is 10.2. The molecule has 3 fully saturated rings. The van der Waals surface area contributed by atoms with E-state index in [2.05, 4.69) is 0 Å². The average molecular weight is 511 g/mol. The molecule has 3 aliphatic rings. The van der Waals surface area contributed by atoms with E-state index in [-0.39, 0.29) is 13.0 Å².